The highest BCUT2D eigenvalue weighted by molar-refractivity contribution is 7.26. The molecule has 0 fully saturated rings. The minimum Gasteiger partial charge on any atom is -0.309 e. The summed E-state index contributed by atoms with van der Waals surface area (Å²) < 4.78 is 4.91. The molecule has 0 saturated heterocycles. The van der Waals surface area contributed by atoms with Crippen molar-refractivity contribution in [2.45, 2.75) is 0 Å². The van der Waals surface area contributed by atoms with Crippen LogP contribution in [0.15, 0.2) is 200 Å². The molecule has 0 radical (unpaired) electrons. The van der Waals surface area contributed by atoms with Crippen LogP contribution in [0, 0.1) is 6.57 Å². The van der Waals surface area contributed by atoms with Crippen LogP contribution < -0.4 is 0 Å². The summed E-state index contributed by atoms with van der Waals surface area (Å²) in [7, 11) is 0. The highest BCUT2D eigenvalue weighted by Crippen LogP contribution is 2.48. The van der Waals surface area contributed by atoms with Crippen LogP contribution in [0.5, 0.6) is 0 Å². The van der Waals surface area contributed by atoms with E-state index in [0.717, 1.165) is 60.8 Å². The van der Waals surface area contributed by atoms with E-state index >= 15 is 0 Å². The topological polar surface area (TPSA) is 22.2 Å². The molecule has 0 spiro atoms. The van der Waals surface area contributed by atoms with Gasteiger partial charge in [-0.15, -0.1) is 11.3 Å². The van der Waals surface area contributed by atoms with Gasteiger partial charge in [-0.25, -0.2) is 9.83 Å². The summed E-state index contributed by atoms with van der Waals surface area (Å²) in [6, 6.07) is 72.0. The lowest BCUT2D eigenvalue weighted by Gasteiger charge is -2.18. The Labute approximate surface area is 360 Å². The van der Waals surface area contributed by atoms with Crippen molar-refractivity contribution >= 4 is 102 Å². The lowest BCUT2D eigenvalue weighted by molar-refractivity contribution is 1.18. The van der Waals surface area contributed by atoms with Gasteiger partial charge in [0.1, 0.15) is 0 Å². The number of rotatable bonds is 4. The summed E-state index contributed by atoms with van der Waals surface area (Å²) in [4.78, 5) is 9.34. The van der Waals surface area contributed by atoms with Crippen LogP contribution in [0.25, 0.3) is 129 Å². The average Bonchev–Trinajstić information content (AvgIpc) is 3.88. The van der Waals surface area contributed by atoms with Gasteiger partial charge in [-0.3, -0.25) is 0 Å². The molecule has 0 aliphatic carbocycles. The second-order valence-electron chi connectivity index (χ2n) is 16.1. The van der Waals surface area contributed by atoms with Crippen LogP contribution in [0.4, 0.5) is 5.69 Å². The highest BCUT2D eigenvalue weighted by Gasteiger charge is 2.21. The summed E-state index contributed by atoms with van der Waals surface area (Å²) >= 11 is 1.87. The Morgan fingerprint density at radius 2 is 0.968 bits per heavy atom. The predicted molar refractivity (Wildman–Crippen MR) is 264 cm³/mol. The summed E-state index contributed by atoms with van der Waals surface area (Å²) in [6.07, 6.45) is 0. The second kappa shape index (κ2) is 13.5. The Balaban J connectivity index is 1.08. The van der Waals surface area contributed by atoms with E-state index < -0.39 is 0 Å². The first-order valence-corrected chi connectivity index (χ1v) is 21.7. The number of pyridine rings is 1. The number of para-hydroxylation sites is 1. The number of hydrogen-bond donors (Lipinski definition) is 0. The minimum atomic E-state index is 0.636. The van der Waals surface area contributed by atoms with Gasteiger partial charge in [-0.05, 0) is 97.7 Å². The van der Waals surface area contributed by atoms with E-state index in [9.17, 15) is 0 Å². The summed E-state index contributed by atoms with van der Waals surface area (Å²) in [5.41, 5.74) is 11.7. The van der Waals surface area contributed by atoms with Gasteiger partial charge in [0.25, 0.3) is 0 Å². The standard InChI is InChI=1S/C58H33N3S/c1-59-38-26-31-52-49(34-38)48-32-36(25-30-51(48)61(52)39-16-6-3-7-17-39)54-41-19-8-10-21-43(41)55(44-22-11-9-20-42(44)54)37-24-27-46-50(33-37)60-57(35-14-4-2-5-15-35)47-29-28-45-40-18-12-13-23-53(40)62-58(45)56(46)47/h2-34H. The van der Waals surface area contributed by atoms with Gasteiger partial charge in [0.15, 0.2) is 5.69 Å². The third-order valence-electron chi connectivity index (χ3n) is 12.7. The van der Waals surface area contributed by atoms with E-state index in [1.807, 2.05) is 23.5 Å². The first-order valence-electron chi connectivity index (χ1n) is 20.9. The van der Waals surface area contributed by atoms with Crippen LogP contribution in [0.3, 0.4) is 0 Å². The van der Waals surface area contributed by atoms with E-state index in [0.29, 0.717) is 5.69 Å². The Morgan fingerprint density at radius 3 is 1.66 bits per heavy atom. The zero-order valence-corrected chi connectivity index (χ0v) is 34.1. The molecular formula is C58H33N3S. The number of benzene rings is 10. The maximum Gasteiger partial charge on any atom is 0.188 e. The van der Waals surface area contributed by atoms with E-state index in [1.54, 1.807) is 0 Å². The SMILES string of the molecule is [C-]#[N+]c1ccc2c(c1)c1cc(-c3c4ccccc4c(-c4ccc5c(c4)nc(-c4ccccc4)c4ccc6c7ccccc7sc6c45)c4ccccc34)ccc1n2-c1ccccc1. The van der Waals surface area contributed by atoms with Crippen LogP contribution in [0.2, 0.25) is 0 Å². The normalized spacial score (nSPS) is 11.9. The van der Waals surface area contributed by atoms with Crippen molar-refractivity contribution in [3.63, 3.8) is 0 Å². The molecule has 3 heterocycles. The van der Waals surface area contributed by atoms with E-state index in [4.69, 9.17) is 11.6 Å². The molecule has 0 amide bonds. The molecule has 0 aliphatic rings. The predicted octanol–water partition coefficient (Wildman–Crippen LogP) is 16.7. The zero-order chi connectivity index (χ0) is 40.9. The second-order valence-corrected chi connectivity index (χ2v) is 17.1. The van der Waals surface area contributed by atoms with Crippen molar-refractivity contribution in [2.24, 2.45) is 0 Å². The smallest absolute Gasteiger partial charge is 0.188 e. The lowest BCUT2D eigenvalue weighted by Crippen LogP contribution is -1.94. The van der Waals surface area contributed by atoms with E-state index in [2.05, 4.69) is 197 Å². The molecule has 62 heavy (non-hydrogen) atoms. The molecule has 10 aromatic carbocycles. The maximum absolute atomic E-state index is 7.84. The average molecular weight is 804 g/mol. The molecule has 286 valence electrons. The number of thiophene rings is 1. The number of fused-ring (bicyclic) bond motifs is 12. The molecule has 3 aromatic heterocycles. The highest BCUT2D eigenvalue weighted by atomic mass is 32.1. The molecule has 0 saturated carbocycles. The van der Waals surface area contributed by atoms with Gasteiger partial charge < -0.3 is 4.57 Å². The van der Waals surface area contributed by atoms with Gasteiger partial charge in [0.2, 0.25) is 0 Å². The molecule has 0 bridgehead atoms. The van der Waals surface area contributed by atoms with Crippen molar-refractivity contribution < 1.29 is 0 Å². The molecule has 0 N–H and O–H groups in total. The van der Waals surface area contributed by atoms with Gasteiger partial charge in [0, 0.05) is 53.0 Å². The van der Waals surface area contributed by atoms with Gasteiger partial charge in [-0.1, -0.05) is 152 Å². The zero-order valence-electron chi connectivity index (χ0n) is 33.3. The quantitative estimate of drug-likeness (QED) is 0.0987. The van der Waals surface area contributed by atoms with E-state index in [1.165, 1.54) is 63.6 Å². The van der Waals surface area contributed by atoms with Crippen LogP contribution in [0.1, 0.15) is 0 Å². The number of nitrogens with zero attached hydrogens (tertiary/aromatic N) is 3. The number of hydrogen-bond acceptors (Lipinski definition) is 2. The third kappa shape index (κ3) is 5.07. The van der Waals surface area contributed by atoms with Crippen molar-refractivity contribution in [3.8, 4) is 39.2 Å². The fourth-order valence-corrected chi connectivity index (χ4v) is 11.3. The Bertz CT molecular complexity index is 3980. The van der Waals surface area contributed by atoms with Crippen molar-refractivity contribution in [1.29, 1.82) is 0 Å². The third-order valence-corrected chi connectivity index (χ3v) is 14.0. The molecule has 13 aromatic rings. The first-order chi connectivity index (χ1) is 30.7. The van der Waals surface area contributed by atoms with Gasteiger partial charge in [-0.2, -0.15) is 0 Å². The largest absolute Gasteiger partial charge is 0.309 e. The molecule has 0 unspecified atom stereocenters. The Morgan fingerprint density at radius 1 is 0.419 bits per heavy atom. The van der Waals surface area contributed by atoms with E-state index in [-0.39, 0.29) is 0 Å². The Hall–Kier alpha value is -8.10. The van der Waals surface area contributed by atoms with Crippen LogP contribution in [-0.4, -0.2) is 9.55 Å². The minimum absolute atomic E-state index is 0.636. The first kappa shape index (κ1) is 34.7. The monoisotopic (exact) mass is 803 g/mol. The molecule has 13 rings (SSSR count). The number of aromatic nitrogens is 2. The van der Waals surface area contributed by atoms with Crippen LogP contribution in [-0.2, 0) is 0 Å². The lowest BCUT2D eigenvalue weighted by atomic mass is 9.85. The summed E-state index contributed by atoms with van der Waals surface area (Å²) in [5.74, 6) is 0. The van der Waals surface area contributed by atoms with Crippen LogP contribution >= 0.6 is 11.3 Å². The molecule has 0 atom stereocenters. The summed E-state index contributed by atoms with van der Waals surface area (Å²) in [5, 5.41) is 13.1. The maximum atomic E-state index is 7.84. The van der Waals surface area contributed by atoms with Crippen molar-refractivity contribution in [2.75, 3.05) is 0 Å². The molecule has 0 aliphatic heterocycles. The van der Waals surface area contributed by atoms with Crippen molar-refractivity contribution in [3.05, 3.63) is 212 Å². The fourth-order valence-electron chi connectivity index (χ4n) is 10.1. The Kier molecular flexibility index (Phi) is 7.54. The van der Waals surface area contributed by atoms with Gasteiger partial charge in [0.05, 0.1) is 28.8 Å². The van der Waals surface area contributed by atoms with Crippen molar-refractivity contribution in [1.82, 2.24) is 9.55 Å². The molecular weight excluding hydrogens is 771 g/mol. The molecule has 3 nitrogen and oxygen atoms in total. The molecule has 4 heteroatoms. The summed E-state index contributed by atoms with van der Waals surface area (Å²) in [6.45, 7) is 7.84. The fraction of sp³-hybridized carbons (Fsp3) is 0. The van der Waals surface area contributed by atoms with Gasteiger partial charge >= 0.3 is 0 Å².